The minimum Gasteiger partial charge on any atom is -0.336 e. The first-order chi connectivity index (χ1) is 13.0. The Morgan fingerprint density at radius 2 is 1.79 bits per heavy atom. The molecule has 156 valence electrons. The molecule has 6 nitrogen and oxygen atoms in total. The number of likely N-dealkylation sites (tertiary alicyclic amines) is 1. The van der Waals surface area contributed by atoms with Gasteiger partial charge in [0.15, 0.2) is 0 Å². The van der Waals surface area contributed by atoms with Crippen molar-refractivity contribution in [1.82, 2.24) is 15.5 Å². The van der Waals surface area contributed by atoms with Crippen molar-refractivity contribution in [1.29, 1.82) is 5.26 Å². The molecule has 0 aromatic rings. The average Bonchev–Trinajstić information content (AvgIpc) is 3.51. The van der Waals surface area contributed by atoms with Crippen molar-refractivity contribution in [3.8, 4) is 6.07 Å². The van der Waals surface area contributed by atoms with E-state index in [-0.39, 0.29) is 32.4 Å². The van der Waals surface area contributed by atoms with E-state index >= 15 is 0 Å². The molecule has 3 amide bonds. The van der Waals surface area contributed by atoms with Gasteiger partial charge in [-0.3, -0.25) is 4.79 Å². The molecule has 1 atom stereocenters. The number of halogens is 4. The monoisotopic (exact) mass is 404 g/mol. The van der Waals surface area contributed by atoms with E-state index in [4.69, 9.17) is 5.26 Å². The quantitative estimate of drug-likeness (QED) is 0.668. The van der Waals surface area contributed by atoms with Crippen LogP contribution in [0.2, 0.25) is 0 Å². The molecule has 2 N–H and O–H groups in total. The smallest absolute Gasteiger partial charge is 0.318 e. The van der Waals surface area contributed by atoms with Gasteiger partial charge in [-0.05, 0) is 25.7 Å². The Bertz CT molecular complexity index is 694. The first kappa shape index (κ1) is 20.7. The first-order valence-corrected chi connectivity index (χ1v) is 9.51. The number of nitriles is 1. The van der Waals surface area contributed by atoms with E-state index in [2.05, 4.69) is 10.6 Å². The van der Waals surface area contributed by atoms with Gasteiger partial charge in [-0.1, -0.05) is 6.92 Å². The number of hydrogen-bond acceptors (Lipinski definition) is 3. The molecule has 0 aromatic carbocycles. The summed E-state index contributed by atoms with van der Waals surface area (Å²) in [4.78, 5) is 26.2. The molecule has 1 heterocycles. The fourth-order valence-corrected chi connectivity index (χ4v) is 3.67. The number of alkyl halides is 4. The van der Waals surface area contributed by atoms with Crippen molar-refractivity contribution in [3.63, 3.8) is 0 Å². The molecule has 2 saturated carbocycles. The van der Waals surface area contributed by atoms with Crippen LogP contribution in [-0.2, 0) is 4.79 Å². The van der Waals surface area contributed by atoms with Crippen molar-refractivity contribution in [2.45, 2.75) is 75.3 Å². The number of piperidine rings is 1. The Kier molecular flexibility index (Phi) is 5.01. The molecule has 1 unspecified atom stereocenters. The van der Waals surface area contributed by atoms with E-state index in [1.54, 1.807) is 0 Å². The standard InChI is InChI=1S/C18H24F4N4O2/c1-2-17(19,20)9-12(13(27)25-16(11-23)3-4-16)24-14(28)26-7-5-15(6-8-26)10-18(15,21)22/h12H,2-10H2,1H3,(H,24,28)(H,25,27). The molecule has 2 aliphatic carbocycles. The third-order valence-corrected chi connectivity index (χ3v) is 6.18. The van der Waals surface area contributed by atoms with Gasteiger partial charge in [0, 0.05) is 37.8 Å². The van der Waals surface area contributed by atoms with Gasteiger partial charge in [-0.2, -0.15) is 5.26 Å². The predicted octanol–water partition coefficient (Wildman–Crippen LogP) is 2.79. The second-order valence-corrected chi connectivity index (χ2v) is 8.25. The van der Waals surface area contributed by atoms with E-state index in [9.17, 15) is 27.2 Å². The van der Waals surface area contributed by atoms with Crippen molar-refractivity contribution >= 4 is 11.9 Å². The maximum atomic E-state index is 13.9. The van der Waals surface area contributed by atoms with E-state index in [1.165, 1.54) is 11.8 Å². The molecule has 0 radical (unpaired) electrons. The van der Waals surface area contributed by atoms with Crippen LogP contribution < -0.4 is 10.6 Å². The average molecular weight is 404 g/mol. The summed E-state index contributed by atoms with van der Waals surface area (Å²) in [7, 11) is 0. The lowest BCUT2D eigenvalue weighted by molar-refractivity contribution is -0.126. The summed E-state index contributed by atoms with van der Waals surface area (Å²) in [6, 6.07) is -0.295. The first-order valence-electron chi connectivity index (χ1n) is 9.51. The molecule has 0 bridgehead atoms. The largest absolute Gasteiger partial charge is 0.336 e. The molecule has 3 rings (SSSR count). The van der Waals surface area contributed by atoms with Crippen LogP contribution in [0, 0.1) is 16.7 Å². The highest BCUT2D eigenvalue weighted by Gasteiger charge is 2.70. The molecular weight excluding hydrogens is 380 g/mol. The molecule has 1 saturated heterocycles. The van der Waals surface area contributed by atoms with Crippen LogP contribution >= 0.6 is 0 Å². The maximum absolute atomic E-state index is 13.9. The highest BCUT2D eigenvalue weighted by atomic mass is 19.3. The lowest BCUT2D eigenvalue weighted by Crippen LogP contribution is -2.56. The number of carbonyl (C=O) groups excluding carboxylic acids is 2. The number of rotatable bonds is 6. The number of amides is 3. The number of urea groups is 1. The van der Waals surface area contributed by atoms with Gasteiger partial charge in [0.1, 0.15) is 11.6 Å². The summed E-state index contributed by atoms with van der Waals surface area (Å²) in [5.74, 6) is -6.69. The zero-order valence-corrected chi connectivity index (χ0v) is 15.7. The summed E-state index contributed by atoms with van der Waals surface area (Å²) in [6.07, 6.45) is -0.417. The highest BCUT2D eigenvalue weighted by molar-refractivity contribution is 5.88. The van der Waals surface area contributed by atoms with E-state index in [0.717, 1.165) is 0 Å². The van der Waals surface area contributed by atoms with Gasteiger partial charge in [0.2, 0.25) is 11.8 Å². The van der Waals surface area contributed by atoms with Crippen molar-refractivity contribution in [2.75, 3.05) is 13.1 Å². The van der Waals surface area contributed by atoms with Gasteiger partial charge in [0.05, 0.1) is 6.07 Å². The fraction of sp³-hybridized carbons (Fsp3) is 0.833. The molecule has 28 heavy (non-hydrogen) atoms. The van der Waals surface area contributed by atoms with Crippen LogP contribution in [0.15, 0.2) is 0 Å². The SMILES string of the molecule is CCC(F)(F)CC(NC(=O)N1CCC2(CC1)CC2(F)F)C(=O)NC1(C#N)CC1. The number of hydrogen-bond donors (Lipinski definition) is 2. The van der Waals surface area contributed by atoms with Gasteiger partial charge < -0.3 is 15.5 Å². The molecule has 10 heteroatoms. The minimum absolute atomic E-state index is 0.0854. The summed E-state index contributed by atoms with van der Waals surface area (Å²) in [6.45, 7) is 1.44. The van der Waals surface area contributed by atoms with Crippen LogP contribution in [0.3, 0.4) is 0 Å². The molecular formula is C18H24F4N4O2. The lowest BCUT2D eigenvalue weighted by Gasteiger charge is -2.34. The van der Waals surface area contributed by atoms with Crippen LogP contribution in [-0.4, -0.2) is 53.4 Å². The summed E-state index contributed by atoms with van der Waals surface area (Å²) < 4.78 is 54.7. The van der Waals surface area contributed by atoms with Crippen LogP contribution in [0.4, 0.5) is 22.4 Å². The van der Waals surface area contributed by atoms with E-state index in [1.807, 2.05) is 6.07 Å². The maximum Gasteiger partial charge on any atom is 0.318 e. The Morgan fingerprint density at radius 1 is 1.21 bits per heavy atom. The Labute approximate surface area is 160 Å². The van der Waals surface area contributed by atoms with Crippen LogP contribution in [0.1, 0.15) is 51.9 Å². The summed E-state index contributed by atoms with van der Waals surface area (Å²) >= 11 is 0. The number of nitrogens with zero attached hydrogens (tertiary/aromatic N) is 2. The molecule has 1 spiro atoms. The third kappa shape index (κ3) is 4.03. The lowest BCUT2D eigenvalue weighted by atomic mass is 9.93. The van der Waals surface area contributed by atoms with Crippen molar-refractivity contribution in [2.24, 2.45) is 5.41 Å². The Hall–Kier alpha value is -2.05. The third-order valence-electron chi connectivity index (χ3n) is 6.18. The van der Waals surface area contributed by atoms with E-state index < -0.39 is 53.6 Å². The molecule has 3 aliphatic rings. The Balaban J connectivity index is 1.61. The summed E-state index contributed by atoms with van der Waals surface area (Å²) in [5.41, 5.74) is -2.09. The van der Waals surface area contributed by atoms with Crippen LogP contribution in [0.5, 0.6) is 0 Å². The van der Waals surface area contributed by atoms with Gasteiger partial charge in [0.25, 0.3) is 5.92 Å². The van der Waals surface area contributed by atoms with Crippen molar-refractivity contribution < 1.29 is 27.2 Å². The minimum atomic E-state index is -3.17. The van der Waals surface area contributed by atoms with Gasteiger partial charge in [-0.25, -0.2) is 22.4 Å². The second-order valence-electron chi connectivity index (χ2n) is 8.25. The van der Waals surface area contributed by atoms with Crippen molar-refractivity contribution in [3.05, 3.63) is 0 Å². The highest BCUT2D eigenvalue weighted by Crippen LogP contribution is 2.65. The number of carbonyl (C=O) groups is 2. The predicted molar refractivity (Wildman–Crippen MR) is 90.7 cm³/mol. The summed E-state index contributed by atoms with van der Waals surface area (Å²) in [5, 5.41) is 13.8. The topological polar surface area (TPSA) is 85.2 Å². The zero-order valence-electron chi connectivity index (χ0n) is 15.7. The zero-order chi connectivity index (χ0) is 20.8. The van der Waals surface area contributed by atoms with Crippen LogP contribution in [0.25, 0.3) is 0 Å². The molecule has 3 fully saturated rings. The Morgan fingerprint density at radius 3 is 2.21 bits per heavy atom. The van der Waals surface area contributed by atoms with Gasteiger partial charge in [-0.15, -0.1) is 0 Å². The molecule has 0 aromatic heterocycles. The number of nitrogens with one attached hydrogen (secondary N) is 2. The normalized spacial score (nSPS) is 24.8. The van der Waals surface area contributed by atoms with E-state index in [0.29, 0.717) is 12.8 Å². The fourth-order valence-electron chi connectivity index (χ4n) is 3.67. The molecule has 1 aliphatic heterocycles. The van der Waals surface area contributed by atoms with Gasteiger partial charge >= 0.3 is 6.03 Å². The second kappa shape index (κ2) is 6.78.